The molecule has 2 fully saturated rings. The molecule has 182 valence electrons. The van der Waals surface area contributed by atoms with E-state index in [-0.39, 0.29) is 17.9 Å². The third-order valence-electron chi connectivity index (χ3n) is 6.00. The number of amides is 2. The molecule has 2 aliphatic heterocycles. The first-order chi connectivity index (χ1) is 16.3. The van der Waals surface area contributed by atoms with Gasteiger partial charge in [-0.1, -0.05) is 0 Å². The lowest BCUT2D eigenvalue weighted by Crippen LogP contribution is -2.50. The van der Waals surface area contributed by atoms with Crippen molar-refractivity contribution >= 4 is 29.5 Å². The molecule has 2 aromatic heterocycles. The third-order valence-corrected chi connectivity index (χ3v) is 6.00. The van der Waals surface area contributed by atoms with Gasteiger partial charge in [0.15, 0.2) is 0 Å². The number of rotatable bonds is 4. The van der Waals surface area contributed by atoms with E-state index in [9.17, 15) is 9.59 Å². The number of aromatic nitrogens is 3. The monoisotopic (exact) mass is 467 g/mol. The quantitative estimate of drug-likeness (QED) is 0.732. The predicted octanol–water partition coefficient (Wildman–Crippen LogP) is 2.78. The Morgan fingerprint density at radius 1 is 0.941 bits per heavy atom. The van der Waals surface area contributed by atoms with Gasteiger partial charge in [0.1, 0.15) is 11.4 Å². The lowest BCUT2D eigenvalue weighted by molar-refractivity contribution is -0.120. The maximum absolute atomic E-state index is 12.7. The second-order valence-corrected chi connectivity index (χ2v) is 9.66. The van der Waals surface area contributed by atoms with Crippen molar-refractivity contribution in [3.8, 4) is 0 Å². The van der Waals surface area contributed by atoms with Gasteiger partial charge in [0.25, 0.3) is 0 Å². The summed E-state index contributed by atoms with van der Waals surface area (Å²) < 4.78 is 5.46. The molecule has 10 nitrogen and oxygen atoms in total. The average molecular weight is 468 g/mol. The van der Waals surface area contributed by atoms with E-state index in [1.165, 1.54) is 0 Å². The smallest absolute Gasteiger partial charge is 0.410 e. The van der Waals surface area contributed by atoms with Gasteiger partial charge in [-0.15, -0.1) is 0 Å². The second kappa shape index (κ2) is 10.2. The molecule has 2 amide bonds. The molecule has 0 aliphatic carbocycles. The summed E-state index contributed by atoms with van der Waals surface area (Å²) in [4.78, 5) is 44.0. The lowest BCUT2D eigenvalue weighted by Gasteiger charge is -2.36. The van der Waals surface area contributed by atoms with Gasteiger partial charge >= 0.3 is 6.09 Å². The number of piperazine rings is 1. The number of anilines is 3. The normalized spacial score (nSPS) is 17.4. The third kappa shape index (κ3) is 6.12. The van der Waals surface area contributed by atoms with Crippen LogP contribution in [0.3, 0.4) is 0 Å². The van der Waals surface area contributed by atoms with Crippen LogP contribution in [0.25, 0.3) is 0 Å². The van der Waals surface area contributed by atoms with Crippen LogP contribution in [-0.4, -0.2) is 76.7 Å². The first kappa shape index (κ1) is 23.7. The van der Waals surface area contributed by atoms with E-state index in [0.717, 1.165) is 31.6 Å². The van der Waals surface area contributed by atoms with Crippen molar-refractivity contribution in [1.82, 2.24) is 19.9 Å². The number of nitrogens with one attached hydrogen (secondary N) is 1. The highest BCUT2D eigenvalue weighted by molar-refractivity contribution is 5.91. The highest BCUT2D eigenvalue weighted by atomic mass is 16.6. The van der Waals surface area contributed by atoms with Crippen molar-refractivity contribution in [3.05, 3.63) is 36.8 Å². The summed E-state index contributed by atoms with van der Waals surface area (Å²) in [6.07, 6.45) is 6.47. The molecular weight excluding hydrogens is 434 g/mol. The second-order valence-electron chi connectivity index (χ2n) is 9.66. The molecule has 34 heavy (non-hydrogen) atoms. The van der Waals surface area contributed by atoms with Crippen LogP contribution in [0.5, 0.6) is 0 Å². The Morgan fingerprint density at radius 2 is 1.62 bits per heavy atom. The Bertz CT molecular complexity index is 962. The van der Waals surface area contributed by atoms with Gasteiger partial charge in [0.05, 0.1) is 11.9 Å². The molecule has 0 spiro atoms. The van der Waals surface area contributed by atoms with E-state index in [1.807, 2.05) is 32.9 Å². The standard InChI is InChI=1S/C24H33N7O3/c1-24(2,3)34-23(33)31-15-13-29(14-16-31)19-5-6-20(27-17-19)28-21(32)18-7-11-30(12-8-18)22-25-9-4-10-26-22/h4-6,9-10,17-18H,7-8,11-16H2,1-3H3,(H,27,28,32). The maximum atomic E-state index is 12.7. The minimum absolute atomic E-state index is 0.000134. The van der Waals surface area contributed by atoms with Crippen molar-refractivity contribution in [3.63, 3.8) is 0 Å². The van der Waals surface area contributed by atoms with Gasteiger partial charge in [-0.25, -0.2) is 19.7 Å². The van der Waals surface area contributed by atoms with Gasteiger partial charge in [-0.2, -0.15) is 0 Å². The maximum Gasteiger partial charge on any atom is 0.410 e. The van der Waals surface area contributed by atoms with Crippen LogP contribution >= 0.6 is 0 Å². The van der Waals surface area contributed by atoms with Gasteiger partial charge in [0.2, 0.25) is 11.9 Å². The number of piperidine rings is 1. The molecule has 1 N–H and O–H groups in total. The molecule has 0 saturated carbocycles. The van der Waals surface area contributed by atoms with Crippen LogP contribution in [0, 0.1) is 5.92 Å². The Balaban J connectivity index is 1.23. The number of carbonyl (C=O) groups excluding carboxylic acids is 2. The zero-order valence-corrected chi connectivity index (χ0v) is 20.1. The summed E-state index contributed by atoms with van der Waals surface area (Å²) in [6, 6.07) is 5.59. The van der Waals surface area contributed by atoms with Crippen molar-refractivity contribution in [2.45, 2.75) is 39.2 Å². The summed E-state index contributed by atoms with van der Waals surface area (Å²) >= 11 is 0. The first-order valence-electron chi connectivity index (χ1n) is 11.8. The molecule has 2 saturated heterocycles. The number of carbonyl (C=O) groups is 2. The minimum Gasteiger partial charge on any atom is -0.444 e. The zero-order valence-electron chi connectivity index (χ0n) is 20.1. The van der Waals surface area contributed by atoms with E-state index in [1.54, 1.807) is 29.6 Å². The van der Waals surface area contributed by atoms with E-state index in [4.69, 9.17) is 4.74 Å². The summed E-state index contributed by atoms with van der Waals surface area (Å²) in [5, 5.41) is 2.95. The fraction of sp³-hybridized carbons (Fsp3) is 0.542. The average Bonchev–Trinajstić information content (AvgIpc) is 2.84. The molecule has 10 heteroatoms. The fourth-order valence-electron chi connectivity index (χ4n) is 4.15. The van der Waals surface area contributed by atoms with Crippen molar-refractivity contribution in [1.29, 1.82) is 0 Å². The Kier molecular flexibility index (Phi) is 7.14. The van der Waals surface area contributed by atoms with Crippen molar-refractivity contribution in [2.24, 2.45) is 5.92 Å². The van der Waals surface area contributed by atoms with E-state index < -0.39 is 5.60 Å². The molecule has 2 aromatic rings. The topological polar surface area (TPSA) is 104 Å². The summed E-state index contributed by atoms with van der Waals surface area (Å²) in [6.45, 7) is 9.72. The van der Waals surface area contributed by atoms with E-state index in [0.29, 0.717) is 37.9 Å². The van der Waals surface area contributed by atoms with E-state index >= 15 is 0 Å². The van der Waals surface area contributed by atoms with Crippen LogP contribution in [0.15, 0.2) is 36.8 Å². The van der Waals surface area contributed by atoms with Gasteiger partial charge in [-0.3, -0.25) is 4.79 Å². The Morgan fingerprint density at radius 3 is 2.21 bits per heavy atom. The van der Waals surface area contributed by atoms with Crippen LogP contribution in [0.1, 0.15) is 33.6 Å². The number of pyridine rings is 1. The number of hydrogen-bond donors (Lipinski definition) is 1. The molecule has 0 bridgehead atoms. The summed E-state index contributed by atoms with van der Waals surface area (Å²) in [5.41, 5.74) is 0.476. The molecule has 0 atom stereocenters. The molecule has 0 aromatic carbocycles. The fourth-order valence-corrected chi connectivity index (χ4v) is 4.15. The van der Waals surface area contributed by atoms with Crippen molar-refractivity contribution in [2.75, 3.05) is 54.4 Å². The highest BCUT2D eigenvalue weighted by Gasteiger charge is 2.27. The Labute approximate surface area is 200 Å². The molecular formula is C24H33N7O3. The van der Waals surface area contributed by atoms with Gasteiger partial charge in [-0.05, 0) is 51.8 Å². The molecule has 0 radical (unpaired) electrons. The zero-order chi connectivity index (χ0) is 24.1. The first-order valence-corrected chi connectivity index (χ1v) is 11.8. The van der Waals surface area contributed by atoms with Crippen molar-refractivity contribution < 1.29 is 14.3 Å². The minimum atomic E-state index is -0.494. The molecule has 4 heterocycles. The number of hydrogen-bond acceptors (Lipinski definition) is 8. The van der Waals surface area contributed by atoms with Gasteiger partial charge in [0, 0.05) is 57.6 Å². The summed E-state index contributed by atoms with van der Waals surface area (Å²) in [7, 11) is 0. The van der Waals surface area contributed by atoms with Crippen LogP contribution in [-0.2, 0) is 9.53 Å². The largest absolute Gasteiger partial charge is 0.444 e. The Hall–Kier alpha value is -3.43. The number of nitrogens with zero attached hydrogens (tertiary/aromatic N) is 6. The summed E-state index contributed by atoms with van der Waals surface area (Å²) in [5.74, 6) is 1.21. The lowest BCUT2D eigenvalue weighted by atomic mass is 9.96. The number of ether oxygens (including phenoxy) is 1. The highest BCUT2D eigenvalue weighted by Crippen LogP contribution is 2.23. The van der Waals surface area contributed by atoms with Crippen LogP contribution in [0.4, 0.5) is 22.2 Å². The predicted molar refractivity (Wildman–Crippen MR) is 130 cm³/mol. The molecule has 4 rings (SSSR count). The molecule has 0 unspecified atom stereocenters. The van der Waals surface area contributed by atoms with Crippen LogP contribution < -0.4 is 15.1 Å². The SMILES string of the molecule is CC(C)(C)OC(=O)N1CCN(c2ccc(NC(=O)C3CCN(c4ncccn4)CC3)nc2)CC1. The van der Waals surface area contributed by atoms with E-state index in [2.05, 4.69) is 30.1 Å². The van der Waals surface area contributed by atoms with Crippen LogP contribution in [0.2, 0.25) is 0 Å². The molecule has 2 aliphatic rings. The van der Waals surface area contributed by atoms with Gasteiger partial charge < -0.3 is 24.8 Å².